The van der Waals surface area contributed by atoms with Crippen LogP contribution in [0.3, 0.4) is 0 Å². The van der Waals surface area contributed by atoms with Crippen LogP contribution < -0.4 is 0 Å². The SMILES string of the molecule is Cc1nn(-c2ccccc2)cc1CN=O. The van der Waals surface area contributed by atoms with E-state index in [0.717, 1.165) is 16.9 Å². The summed E-state index contributed by atoms with van der Waals surface area (Å²) in [5, 5.41) is 7.19. The molecule has 0 aliphatic carbocycles. The molecule has 0 radical (unpaired) electrons. The highest BCUT2D eigenvalue weighted by atomic mass is 16.3. The molecular weight excluding hydrogens is 190 g/mol. The molecular formula is C11H11N3O. The fourth-order valence-electron chi connectivity index (χ4n) is 1.43. The summed E-state index contributed by atoms with van der Waals surface area (Å²) in [6.07, 6.45) is 1.84. The molecule has 0 aliphatic rings. The Bertz CT molecular complexity index is 462. The molecule has 4 heteroatoms. The van der Waals surface area contributed by atoms with Gasteiger partial charge >= 0.3 is 0 Å². The monoisotopic (exact) mass is 201 g/mol. The number of hydrogen-bond acceptors (Lipinski definition) is 3. The normalized spacial score (nSPS) is 10.2. The summed E-state index contributed by atoms with van der Waals surface area (Å²) < 4.78 is 1.76. The molecule has 1 aromatic carbocycles. The molecule has 0 saturated carbocycles. The van der Waals surface area contributed by atoms with Gasteiger partial charge in [0.05, 0.1) is 11.4 Å². The molecule has 15 heavy (non-hydrogen) atoms. The molecule has 0 amide bonds. The van der Waals surface area contributed by atoms with Crippen molar-refractivity contribution in [3.05, 3.63) is 52.7 Å². The van der Waals surface area contributed by atoms with Gasteiger partial charge in [0.2, 0.25) is 0 Å². The largest absolute Gasteiger partial charge is 0.240 e. The van der Waals surface area contributed by atoms with Crippen molar-refractivity contribution in [1.29, 1.82) is 0 Å². The van der Waals surface area contributed by atoms with E-state index in [2.05, 4.69) is 10.3 Å². The van der Waals surface area contributed by atoms with Gasteiger partial charge in [-0.1, -0.05) is 23.4 Å². The second kappa shape index (κ2) is 4.04. The number of para-hydroxylation sites is 1. The standard InChI is InChI=1S/C11H11N3O/c1-9-10(7-12-15)8-14(13-9)11-5-3-2-4-6-11/h2-6,8H,7H2,1H3. The first-order valence-electron chi connectivity index (χ1n) is 4.71. The molecule has 2 aromatic rings. The number of rotatable bonds is 3. The number of benzene rings is 1. The van der Waals surface area contributed by atoms with E-state index in [9.17, 15) is 4.91 Å². The molecule has 0 fully saturated rings. The Labute approximate surface area is 87.5 Å². The molecule has 4 nitrogen and oxygen atoms in total. The summed E-state index contributed by atoms with van der Waals surface area (Å²) in [7, 11) is 0. The predicted molar refractivity (Wildman–Crippen MR) is 57.8 cm³/mol. The van der Waals surface area contributed by atoms with Crippen molar-refractivity contribution in [3.63, 3.8) is 0 Å². The van der Waals surface area contributed by atoms with Crippen LogP contribution >= 0.6 is 0 Å². The van der Waals surface area contributed by atoms with Gasteiger partial charge in [-0.25, -0.2) is 4.68 Å². The second-order valence-corrected chi connectivity index (χ2v) is 3.31. The van der Waals surface area contributed by atoms with Crippen molar-refractivity contribution < 1.29 is 0 Å². The van der Waals surface area contributed by atoms with Crippen LogP contribution in [-0.4, -0.2) is 9.78 Å². The van der Waals surface area contributed by atoms with Gasteiger partial charge in [-0.05, 0) is 19.1 Å². The summed E-state index contributed by atoms with van der Waals surface area (Å²) in [4.78, 5) is 10.2. The van der Waals surface area contributed by atoms with Gasteiger partial charge in [-0.15, -0.1) is 0 Å². The van der Waals surface area contributed by atoms with E-state index in [1.54, 1.807) is 4.68 Å². The lowest BCUT2D eigenvalue weighted by Gasteiger charge is -1.98. The van der Waals surface area contributed by atoms with Crippen LogP contribution in [0.1, 0.15) is 11.3 Å². The van der Waals surface area contributed by atoms with Crippen molar-refractivity contribution in [3.8, 4) is 5.69 Å². The number of hydrogen-bond donors (Lipinski definition) is 0. The highest BCUT2D eigenvalue weighted by Crippen LogP contribution is 2.12. The Hall–Kier alpha value is -1.97. The Balaban J connectivity index is 2.38. The number of nitrogens with zero attached hydrogens (tertiary/aromatic N) is 3. The Morgan fingerprint density at radius 3 is 2.73 bits per heavy atom. The summed E-state index contributed by atoms with van der Waals surface area (Å²) in [6.45, 7) is 2.05. The highest BCUT2D eigenvalue weighted by molar-refractivity contribution is 5.32. The smallest absolute Gasteiger partial charge is 0.109 e. The molecule has 1 heterocycles. The van der Waals surface area contributed by atoms with Crippen molar-refractivity contribution in [2.75, 3.05) is 0 Å². The van der Waals surface area contributed by atoms with E-state index >= 15 is 0 Å². The highest BCUT2D eigenvalue weighted by Gasteiger charge is 2.05. The van der Waals surface area contributed by atoms with Gasteiger partial charge in [0.25, 0.3) is 0 Å². The average Bonchev–Trinajstić information content (AvgIpc) is 2.63. The van der Waals surface area contributed by atoms with E-state index < -0.39 is 0 Å². The third-order valence-electron chi connectivity index (χ3n) is 2.26. The number of nitroso groups, excluding NO2 is 1. The topological polar surface area (TPSA) is 47.2 Å². The Morgan fingerprint density at radius 2 is 2.07 bits per heavy atom. The van der Waals surface area contributed by atoms with Crippen molar-refractivity contribution in [1.82, 2.24) is 9.78 Å². The van der Waals surface area contributed by atoms with Crippen LogP contribution in [-0.2, 0) is 6.54 Å². The van der Waals surface area contributed by atoms with Crippen LogP contribution in [0.2, 0.25) is 0 Å². The van der Waals surface area contributed by atoms with E-state index in [1.807, 2.05) is 43.5 Å². The first kappa shape index (κ1) is 9.58. The zero-order valence-electron chi connectivity index (χ0n) is 8.42. The zero-order chi connectivity index (χ0) is 10.7. The molecule has 76 valence electrons. The maximum Gasteiger partial charge on any atom is 0.109 e. The molecule has 2 rings (SSSR count). The van der Waals surface area contributed by atoms with Gasteiger partial charge in [0, 0.05) is 11.8 Å². The van der Waals surface area contributed by atoms with Crippen LogP contribution in [0.15, 0.2) is 41.7 Å². The lowest BCUT2D eigenvalue weighted by Crippen LogP contribution is -1.93. The molecule has 0 bridgehead atoms. The minimum absolute atomic E-state index is 0.179. The van der Waals surface area contributed by atoms with E-state index in [4.69, 9.17) is 0 Å². The van der Waals surface area contributed by atoms with E-state index in [1.165, 1.54) is 0 Å². The van der Waals surface area contributed by atoms with Crippen molar-refractivity contribution in [2.45, 2.75) is 13.5 Å². The van der Waals surface area contributed by atoms with E-state index in [0.29, 0.717) is 0 Å². The number of aromatic nitrogens is 2. The van der Waals surface area contributed by atoms with Crippen LogP contribution in [0.5, 0.6) is 0 Å². The fourth-order valence-corrected chi connectivity index (χ4v) is 1.43. The molecule has 1 aromatic heterocycles. The fraction of sp³-hybridized carbons (Fsp3) is 0.182. The van der Waals surface area contributed by atoms with Crippen LogP contribution in [0.25, 0.3) is 5.69 Å². The molecule has 0 atom stereocenters. The van der Waals surface area contributed by atoms with E-state index in [-0.39, 0.29) is 6.54 Å². The molecule has 0 saturated heterocycles. The lowest BCUT2D eigenvalue weighted by atomic mass is 10.3. The minimum Gasteiger partial charge on any atom is -0.240 e. The van der Waals surface area contributed by atoms with Gasteiger partial charge in [0.15, 0.2) is 0 Å². The van der Waals surface area contributed by atoms with Crippen molar-refractivity contribution >= 4 is 0 Å². The molecule has 0 unspecified atom stereocenters. The molecule has 0 N–H and O–H groups in total. The summed E-state index contributed by atoms with van der Waals surface area (Å²) in [5.41, 5.74) is 2.70. The van der Waals surface area contributed by atoms with Gasteiger partial charge in [-0.2, -0.15) is 10.0 Å². The zero-order valence-corrected chi connectivity index (χ0v) is 8.42. The van der Waals surface area contributed by atoms with Gasteiger partial charge < -0.3 is 0 Å². The average molecular weight is 201 g/mol. The Kier molecular flexibility index (Phi) is 2.58. The summed E-state index contributed by atoms with van der Waals surface area (Å²) >= 11 is 0. The maximum atomic E-state index is 10.2. The first-order chi connectivity index (χ1) is 7.31. The maximum absolute atomic E-state index is 10.2. The predicted octanol–water partition coefficient (Wildman–Crippen LogP) is 2.45. The van der Waals surface area contributed by atoms with Crippen LogP contribution in [0.4, 0.5) is 0 Å². The van der Waals surface area contributed by atoms with Crippen LogP contribution in [0, 0.1) is 11.8 Å². The first-order valence-corrected chi connectivity index (χ1v) is 4.71. The summed E-state index contributed by atoms with van der Waals surface area (Å²) in [6, 6.07) is 9.77. The quantitative estimate of drug-likeness (QED) is 0.716. The number of aryl methyl sites for hydroxylation is 1. The summed E-state index contributed by atoms with van der Waals surface area (Å²) in [5.74, 6) is 0. The van der Waals surface area contributed by atoms with Gasteiger partial charge in [-0.3, -0.25) is 0 Å². The minimum atomic E-state index is 0.179. The third-order valence-corrected chi connectivity index (χ3v) is 2.26. The lowest BCUT2D eigenvalue weighted by molar-refractivity contribution is 0.863. The van der Waals surface area contributed by atoms with Gasteiger partial charge in [0.1, 0.15) is 6.54 Å². The second-order valence-electron chi connectivity index (χ2n) is 3.31. The molecule has 0 spiro atoms. The Morgan fingerprint density at radius 1 is 1.33 bits per heavy atom. The molecule has 0 aliphatic heterocycles. The third kappa shape index (κ3) is 1.93. The van der Waals surface area contributed by atoms with Crippen molar-refractivity contribution in [2.24, 2.45) is 5.18 Å².